The molecule has 0 spiro atoms. The number of carbonyl (C=O) groups excluding carboxylic acids is 4. The number of hydrogen-bond donors (Lipinski definition) is 1. The number of nitro benzene ring substituents is 1. The van der Waals surface area contributed by atoms with E-state index < -0.39 is 47.5 Å². The van der Waals surface area contributed by atoms with E-state index >= 15 is 0 Å². The molecular weight excluding hydrogens is 350 g/mol. The number of ether oxygens (including phenoxy) is 2. The van der Waals surface area contributed by atoms with Crippen LogP contribution in [0.1, 0.15) is 20.7 Å². The van der Waals surface area contributed by atoms with E-state index in [4.69, 9.17) is 9.47 Å². The van der Waals surface area contributed by atoms with E-state index in [-0.39, 0.29) is 24.3 Å². The zero-order valence-electron chi connectivity index (χ0n) is 13.7. The van der Waals surface area contributed by atoms with Crippen LogP contribution in [-0.4, -0.2) is 66.9 Å². The first-order valence-electron chi connectivity index (χ1n) is 7.41. The van der Waals surface area contributed by atoms with Gasteiger partial charge in [-0.1, -0.05) is 6.07 Å². The second-order valence-electron chi connectivity index (χ2n) is 5.16. The van der Waals surface area contributed by atoms with Gasteiger partial charge in [0.05, 0.1) is 17.1 Å². The van der Waals surface area contributed by atoms with E-state index in [0.717, 1.165) is 6.07 Å². The van der Waals surface area contributed by atoms with Crippen LogP contribution in [0.2, 0.25) is 0 Å². The highest BCUT2D eigenvalue weighted by Crippen LogP contribution is 2.30. The Kier molecular flexibility index (Phi) is 5.96. The fourth-order valence-electron chi connectivity index (χ4n) is 2.28. The molecule has 1 aliphatic heterocycles. The monoisotopic (exact) mass is 365 g/mol. The predicted molar refractivity (Wildman–Crippen MR) is 84.3 cm³/mol. The van der Waals surface area contributed by atoms with Gasteiger partial charge in [-0.05, 0) is 6.07 Å². The lowest BCUT2D eigenvalue weighted by Gasteiger charge is -2.12. The smallest absolute Gasteiger partial charge is 0.326 e. The molecule has 0 atom stereocenters. The lowest BCUT2D eigenvalue weighted by atomic mass is 10.1. The quantitative estimate of drug-likeness (QED) is 0.213. The maximum Gasteiger partial charge on any atom is 0.326 e. The van der Waals surface area contributed by atoms with Crippen molar-refractivity contribution in [3.63, 3.8) is 0 Å². The van der Waals surface area contributed by atoms with Crippen LogP contribution >= 0.6 is 0 Å². The van der Waals surface area contributed by atoms with Gasteiger partial charge in [-0.2, -0.15) is 0 Å². The predicted octanol–water partition coefficient (Wildman–Crippen LogP) is -0.503. The van der Waals surface area contributed by atoms with Gasteiger partial charge in [0.1, 0.15) is 12.1 Å². The molecule has 0 saturated carbocycles. The van der Waals surface area contributed by atoms with Crippen LogP contribution in [0.5, 0.6) is 0 Å². The Morgan fingerprint density at radius 3 is 2.65 bits per heavy atom. The Labute approximate surface area is 147 Å². The molecule has 0 unspecified atom stereocenters. The van der Waals surface area contributed by atoms with Crippen molar-refractivity contribution in [2.24, 2.45) is 0 Å². The average molecular weight is 365 g/mol. The van der Waals surface area contributed by atoms with Crippen molar-refractivity contribution in [3.05, 3.63) is 39.4 Å². The standard InChI is InChI=1S/C15H15N3O8/c1-25-6-5-16-11(19)8-26-12(20)7-17-14(21)9-3-2-4-10(18(23)24)13(9)15(17)22/h2-4H,5-8H2,1H3,(H,16,19). The number of imide groups is 1. The van der Waals surface area contributed by atoms with Gasteiger partial charge >= 0.3 is 5.97 Å². The summed E-state index contributed by atoms with van der Waals surface area (Å²) in [6.07, 6.45) is 0. The summed E-state index contributed by atoms with van der Waals surface area (Å²) in [5.74, 6) is -3.37. The molecule has 3 amide bonds. The van der Waals surface area contributed by atoms with E-state index in [2.05, 4.69) is 5.32 Å². The van der Waals surface area contributed by atoms with Crippen molar-refractivity contribution in [1.82, 2.24) is 10.2 Å². The third-order valence-electron chi connectivity index (χ3n) is 3.45. The van der Waals surface area contributed by atoms with E-state index in [9.17, 15) is 29.3 Å². The average Bonchev–Trinajstić information content (AvgIpc) is 2.85. The number of amides is 3. The van der Waals surface area contributed by atoms with E-state index in [0.29, 0.717) is 4.90 Å². The van der Waals surface area contributed by atoms with Crippen LogP contribution in [0.4, 0.5) is 5.69 Å². The SMILES string of the molecule is COCCNC(=O)COC(=O)CN1C(=O)c2cccc([N+](=O)[O-])c2C1=O. The molecule has 0 saturated heterocycles. The second kappa shape index (κ2) is 8.16. The minimum atomic E-state index is -0.996. The Morgan fingerprint density at radius 1 is 1.27 bits per heavy atom. The second-order valence-corrected chi connectivity index (χ2v) is 5.16. The van der Waals surface area contributed by atoms with Crippen molar-refractivity contribution in [3.8, 4) is 0 Å². The molecule has 1 aromatic carbocycles. The topological polar surface area (TPSA) is 145 Å². The van der Waals surface area contributed by atoms with E-state index in [1.54, 1.807) is 0 Å². The molecule has 1 aromatic rings. The molecule has 1 aliphatic rings. The van der Waals surface area contributed by atoms with Crippen molar-refractivity contribution >= 4 is 29.4 Å². The van der Waals surface area contributed by atoms with E-state index in [1.807, 2.05) is 0 Å². The van der Waals surface area contributed by atoms with Crippen LogP contribution in [0.25, 0.3) is 0 Å². The highest BCUT2D eigenvalue weighted by Gasteiger charge is 2.41. The number of nitrogens with one attached hydrogen (secondary N) is 1. The third-order valence-corrected chi connectivity index (χ3v) is 3.45. The Morgan fingerprint density at radius 2 is 2.00 bits per heavy atom. The summed E-state index contributed by atoms with van der Waals surface area (Å²) in [4.78, 5) is 58.5. The molecule has 0 fully saturated rings. The first-order valence-corrected chi connectivity index (χ1v) is 7.41. The molecule has 0 radical (unpaired) electrons. The summed E-state index contributed by atoms with van der Waals surface area (Å²) in [5, 5.41) is 13.4. The lowest BCUT2D eigenvalue weighted by molar-refractivity contribution is -0.385. The highest BCUT2D eigenvalue weighted by molar-refractivity contribution is 6.24. The molecular formula is C15H15N3O8. The van der Waals surface area contributed by atoms with Gasteiger partial charge in [0, 0.05) is 19.7 Å². The summed E-state index contributed by atoms with van der Waals surface area (Å²) in [6.45, 7) is -0.830. The first-order chi connectivity index (χ1) is 12.4. The lowest BCUT2D eigenvalue weighted by Crippen LogP contribution is -2.37. The summed E-state index contributed by atoms with van der Waals surface area (Å²) >= 11 is 0. The number of hydrogen-bond acceptors (Lipinski definition) is 8. The minimum Gasteiger partial charge on any atom is -0.454 e. The third kappa shape index (κ3) is 4.00. The van der Waals surface area contributed by atoms with Gasteiger partial charge < -0.3 is 14.8 Å². The zero-order valence-corrected chi connectivity index (χ0v) is 13.7. The molecule has 138 valence electrons. The molecule has 0 aromatic heterocycles. The fraction of sp³-hybridized carbons (Fsp3) is 0.333. The van der Waals surface area contributed by atoms with Gasteiger partial charge in [-0.15, -0.1) is 0 Å². The number of rotatable bonds is 8. The zero-order chi connectivity index (χ0) is 19.3. The van der Waals surface area contributed by atoms with Gasteiger partial charge in [-0.3, -0.25) is 34.2 Å². The molecule has 0 bridgehead atoms. The Bertz CT molecular complexity index is 776. The molecule has 11 nitrogen and oxygen atoms in total. The number of esters is 1. The molecule has 1 heterocycles. The first kappa shape index (κ1) is 19.0. The van der Waals surface area contributed by atoms with Gasteiger partial charge in [0.2, 0.25) is 0 Å². The number of nitro groups is 1. The number of methoxy groups -OCH3 is 1. The Hall–Kier alpha value is -3.34. The van der Waals surface area contributed by atoms with Gasteiger partial charge in [0.25, 0.3) is 23.4 Å². The largest absolute Gasteiger partial charge is 0.454 e. The minimum absolute atomic E-state index is 0.158. The van der Waals surface area contributed by atoms with Crippen LogP contribution in [-0.2, 0) is 19.1 Å². The van der Waals surface area contributed by atoms with Crippen molar-refractivity contribution in [2.45, 2.75) is 0 Å². The van der Waals surface area contributed by atoms with Crippen molar-refractivity contribution in [1.29, 1.82) is 0 Å². The number of benzene rings is 1. The van der Waals surface area contributed by atoms with Gasteiger partial charge in [-0.25, -0.2) is 0 Å². The maximum absolute atomic E-state index is 12.3. The van der Waals surface area contributed by atoms with Crippen LogP contribution in [0.3, 0.4) is 0 Å². The summed E-state index contributed by atoms with van der Waals surface area (Å²) < 4.78 is 9.43. The van der Waals surface area contributed by atoms with E-state index in [1.165, 1.54) is 19.2 Å². The maximum atomic E-state index is 12.3. The highest BCUT2D eigenvalue weighted by atomic mass is 16.6. The summed E-state index contributed by atoms with van der Waals surface area (Å²) in [7, 11) is 1.46. The molecule has 26 heavy (non-hydrogen) atoms. The fourth-order valence-corrected chi connectivity index (χ4v) is 2.28. The Balaban J connectivity index is 1.98. The number of nitrogens with zero attached hydrogens (tertiary/aromatic N) is 2. The summed E-state index contributed by atoms with van der Waals surface area (Å²) in [5.41, 5.74) is -1.05. The molecule has 2 rings (SSSR count). The van der Waals surface area contributed by atoms with Crippen LogP contribution < -0.4 is 5.32 Å². The van der Waals surface area contributed by atoms with Crippen molar-refractivity contribution in [2.75, 3.05) is 33.4 Å². The normalized spacial score (nSPS) is 12.7. The molecule has 0 aliphatic carbocycles. The van der Waals surface area contributed by atoms with Crippen molar-refractivity contribution < 1.29 is 33.6 Å². The van der Waals surface area contributed by atoms with Gasteiger partial charge in [0.15, 0.2) is 6.61 Å². The van der Waals surface area contributed by atoms with Crippen LogP contribution in [0.15, 0.2) is 18.2 Å². The van der Waals surface area contributed by atoms with Crippen LogP contribution in [0, 0.1) is 10.1 Å². The summed E-state index contributed by atoms with van der Waals surface area (Å²) in [6, 6.07) is 3.63. The number of carbonyl (C=O) groups is 4. The molecule has 1 N–H and O–H groups in total. The molecule has 11 heteroatoms. The number of fused-ring (bicyclic) bond motifs is 1.